The van der Waals surface area contributed by atoms with Crippen LogP contribution in [0.15, 0.2) is 5.16 Å². The topological polar surface area (TPSA) is 85.0 Å². The van der Waals surface area contributed by atoms with Crippen molar-refractivity contribution in [3.05, 3.63) is 5.28 Å². The average molecular weight is 288 g/mol. The number of amides is 1. The van der Waals surface area contributed by atoms with Gasteiger partial charge in [0.05, 0.1) is 5.75 Å². The SMILES string of the molecule is Nc1nc(Cl)nc(SCC(=O)N2CCCCC2)n1. The number of anilines is 1. The molecule has 0 aromatic carbocycles. The number of rotatable bonds is 3. The Hall–Kier alpha value is -1.08. The second-order valence-corrected chi connectivity index (χ2v) is 5.26. The maximum Gasteiger partial charge on any atom is 0.233 e. The van der Waals surface area contributed by atoms with Crippen molar-refractivity contribution >= 4 is 35.2 Å². The van der Waals surface area contributed by atoms with Gasteiger partial charge >= 0.3 is 0 Å². The monoisotopic (exact) mass is 287 g/mol. The van der Waals surface area contributed by atoms with Crippen molar-refractivity contribution in [1.29, 1.82) is 0 Å². The van der Waals surface area contributed by atoms with Crippen molar-refractivity contribution in [3.8, 4) is 0 Å². The molecular weight excluding hydrogens is 274 g/mol. The highest BCUT2D eigenvalue weighted by Crippen LogP contribution is 2.17. The van der Waals surface area contributed by atoms with Gasteiger partial charge in [0.25, 0.3) is 0 Å². The van der Waals surface area contributed by atoms with Gasteiger partial charge in [-0.3, -0.25) is 4.79 Å². The van der Waals surface area contributed by atoms with E-state index in [-0.39, 0.29) is 17.1 Å². The molecule has 1 saturated heterocycles. The summed E-state index contributed by atoms with van der Waals surface area (Å²) >= 11 is 6.90. The normalized spacial score (nSPS) is 15.7. The van der Waals surface area contributed by atoms with Gasteiger partial charge < -0.3 is 10.6 Å². The van der Waals surface area contributed by atoms with Crippen LogP contribution in [0.2, 0.25) is 5.28 Å². The number of likely N-dealkylation sites (tertiary alicyclic amines) is 1. The van der Waals surface area contributed by atoms with Crippen LogP contribution in [0.25, 0.3) is 0 Å². The van der Waals surface area contributed by atoms with E-state index in [4.69, 9.17) is 17.3 Å². The number of nitrogens with two attached hydrogens (primary N) is 1. The van der Waals surface area contributed by atoms with E-state index in [9.17, 15) is 4.79 Å². The predicted octanol–water partition coefficient (Wildman–Crippen LogP) is 1.21. The molecule has 1 amide bonds. The molecule has 1 aliphatic rings. The van der Waals surface area contributed by atoms with Crippen LogP contribution in [-0.4, -0.2) is 44.6 Å². The summed E-state index contributed by atoms with van der Waals surface area (Å²) in [6.45, 7) is 1.69. The van der Waals surface area contributed by atoms with Crippen LogP contribution in [-0.2, 0) is 4.79 Å². The smallest absolute Gasteiger partial charge is 0.233 e. The summed E-state index contributed by atoms with van der Waals surface area (Å²) in [5.41, 5.74) is 5.45. The van der Waals surface area contributed by atoms with Crippen molar-refractivity contribution in [2.75, 3.05) is 24.6 Å². The quantitative estimate of drug-likeness (QED) is 0.841. The lowest BCUT2D eigenvalue weighted by Gasteiger charge is -2.26. The Kier molecular flexibility index (Phi) is 4.60. The van der Waals surface area contributed by atoms with Crippen LogP contribution >= 0.6 is 23.4 Å². The summed E-state index contributed by atoms with van der Waals surface area (Å²) in [5, 5.41) is 0.438. The second-order valence-electron chi connectivity index (χ2n) is 3.98. The molecule has 18 heavy (non-hydrogen) atoms. The van der Waals surface area contributed by atoms with E-state index in [0.29, 0.717) is 10.9 Å². The number of hydrogen-bond donors (Lipinski definition) is 1. The first-order valence-electron chi connectivity index (χ1n) is 5.73. The van der Waals surface area contributed by atoms with Crippen molar-refractivity contribution in [2.45, 2.75) is 24.4 Å². The van der Waals surface area contributed by atoms with Crippen molar-refractivity contribution in [2.24, 2.45) is 0 Å². The number of nitrogen functional groups attached to an aromatic ring is 1. The number of piperidine rings is 1. The van der Waals surface area contributed by atoms with E-state index in [2.05, 4.69) is 15.0 Å². The van der Waals surface area contributed by atoms with Crippen LogP contribution in [0.5, 0.6) is 0 Å². The van der Waals surface area contributed by atoms with Crippen molar-refractivity contribution in [3.63, 3.8) is 0 Å². The van der Waals surface area contributed by atoms with E-state index in [1.54, 1.807) is 0 Å². The average Bonchev–Trinajstić information content (AvgIpc) is 2.36. The van der Waals surface area contributed by atoms with Gasteiger partial charge in [0.15, 0.2) is 5.16 Å². The number of carbonyl (C=O) groups is 1. The molecule has 0 aliphatic carbocycles. The Labute approximate surface area is 114 Å². The highest BCUT2D eigenvalue weighted by atomic mass is 35.5. The molecule has 1 aromatic heterocycles. The summed E-state index contributed by atoms with van der Waals surface area (Å²) in [7, 11) is 0. The molecule has 0 atom stereocenters. The third-order valence-corrected chi connectivity index (χ3v) is 3.64. The van der Waals surface area contributed by atoms with Crippen LogP contribution in [0, 0.1) is 0 Å². The third kappa shape index (κ3) is 3.71. The molecule has 6 nitrogen and oxygen atoms in total. The number of carbonyl (C=O) groups excluding carboxylic acids is 1. The molecule has 2 heterocycles. The molecule has 2 N–H and O–H groups in total. The van der Waals surface area contributed by atoms with E-state index in [0.717, 1.165) is 25.9 Å². The van der Waals surface area contributed by atoms with Gasteiger partial charge in [-0.25, -0.2) is 0 Å². The van der Waals surface area contributed by atoms with E-state index >= 15 is 0 Å². The predicted molar refractivity (Wildman–Crippen MR) is 70.4 cm³/mol. The maximum absolute atomic E-state index is 11.9. The van der Waals surface area contributed by atoms with Gasteiger partial charge in [-0.15, -0.1) is 0 Å². The van der Waals surface area contributed by atoms with E-state index in [1.165, 1.54) is 18.2 Å². The fourth-order valence-electron chi connectivity index (χ4n) is 1.77. The highest BCUT2D eigenvalue weighted by molar-refractivity contribution is 7.99. The van der Waals surface area contributed by atoms with E-state index < -0.39 is 0 Å². The molecule has 1 aromatic rings. The molecule has 0 saturated carbocycles. The lowest BCUT2D eigenvalue weighted by molar-refractivity contribution is -0.129. The van der Waals surface area contributed by atoms with Gasteiger partial charge in [0, 0.05) is 13.1 Å². The van der Waals surface area contributed by atoms with Gasteiger partial charge in [0.1, 0.15) is 0 Å². The number of hydrogen-bond acceptors (Lipinski definition) is 6. The summed E-state index contributed by atoms with van der Waals surface area (Å²) in [5.74, 6) is 0.484. The Morgan fingerprint density at radius 3 is 2.67 bits per heavy atom. The van der Waals surface area contributed by atoms with Crippen LogP contribution in [0.1, 0.15) is 19.3 Å². The Balaban J connectivity index is 1.88. The first kappa shape index (κ1) is 13.4. The lowest BCUT2D eigenvalue weighted by atomic mass is 10.1. The van der Waals surface area contributed by atoms with Gasteiger partial charge in [-0.05, 0) is 30.9 Å². The standard InChI is InChI=1S/C10H14ClN5OS/c11-8-13-9(12)15-10(14-8)18-6-7(17)16-4-2-1-3-5-16/h1-6H2,(H2,12,13,14,15). The maximum atomic E-state index is 11.9. The molecular formula is C10H14ClN5OS. The van der Waals surface area contributed by atoms with Gasteiger partial charge in [0.2, 0.25) is 17.1 Å². The number of aromatic nitrogens is 3. The minimum atomic E-state index is 0.0513. The molecule has 98 valence electrons. The Morgan fingerprint density at radius 1 is 1.28 bits per heavy atom. The van der Waals surface area contributed by atoms with Gasteiger partial charge in [-0.1, -0.05) is 11.8 Å². The van der Waals surface area contributed by atoms with E-state index in [1.807, 2.05) is 4.90 Å². The van der Waals surface area contributed by atoms with Crippen molar-refractivity contribution < 1.29 is 4.79 Å². The fraction of sp³-hybridized carbons (Fsp3) is 0.600. The summed E-state index contributed by atoms with van der Waals surface area (Å²) in [4.78, 5) is 25.3. The zero-order valence-corrected chi connectivity index (χ0v) is 11.4. The molecule has 0 bridgehead atoms. The number of nitrogens with zero attached hydrogens (tertiary/aromatic N) is 4. The lowest BCUT2D eigenvalue weighted by Crippen LogP contribution is -2.36. The fourth-order valence-corrected chi connectivity index (χ4v) is 2.73. The highest BCUT2D eigenvalue weighted by Gasteiger charge is 2.17. The number of thioether (sulfide) groups is 1. The molecule has 0 unspecified atom stereocenters. The largest absolute Gasteiger partial charge is 0.368 e. The zero-order valence-electron chi connectivity index (χ0n) is 9.80. The first-order chi connectivity index (χ1) is 8.65. The zero-order chi connectivity index (χ0) is 13.0. The molecule has 2 rings (SSSR count). The Morgan fingerprint density at radius 2 is 2.00 bits per heavy atom. The molecule has 1 aliphatic heterocycles. The summed E-state index contributed by atoms with van der Waals surface area (Å²) in [6.07, 6.45) is 3.37. The summed E-state index contributed by atoms with van der Waals surface area (Å²) in [6, 6.07) is 0. The molecule has 8 heteroatoms. The molecule has 0 spiro atoms. The summed E-state index contributed by atoms with van der Waals surface area (Å²) < 4.78 is 0. The third-order valence-electron chi connectivity index (χ3n) is 2.64. The van der Waals surface area contributed by atoms with Crippen LogP contribution < -0.4 is 5.73 Å². The first-order valence-corrected chi connectivity index (χ1v) is 7.09. The van der Waals surface area contributed by atoms with Crippen LogP contribution in [0.3, 0.4) is 0 Å². The second kappa shape index (κ2) is 6.19. The molecule has 0 radical (unpaired) electrons. The minimum Gasteiger partial charge on any atom is -0.368 e. The van der Waals surface area contributed by atoms with Crippen LogP contribution in [0.4, 0.5) is 5.95 Å². The number of halogens is 1. The van der Waals surface area contributed by atoms with Crippen molar-refractivity contribution in [1.82, 2.24) is 19.9 Å². The minimum absolute atomic E-state index is 0.0513. The molecule has 1 fully saturated rings. The van der Waals surface area contributed by atoms with Gasteiger partial charge in [-0.2, -0.15) is 15.0 Å². The Bertz CT molecular complexity index is 418.